The van der Waals surface area contributed by atoms with Gasteiger partial charge in [-0.3, -0.25) is 4.79 Å². The maximum absolute atomic E-state index is 10.8. The first-order valence-corrected chi connectivity index (χ1v) is 7.71. The second-order valence-electron chi connectivity index (χ2n) is 5.57. The molecule has 124 valence electrons. The Balaban J connectivity index is 0.00000264. The Morgan fingerprint density at radius 1 is 1.09 bits per heavy atom. The maximum Gasteiger partial charge on any atom is 0.307 e. The molecule has 0 aromatic heterocycles. The van der Waals surface area contributed by atoms with Gasteiger partial charge >= 0.3 is 5.97 Å². The molecule has 0 saturated carbocycles. The number of halogens is 1. The van der Waals surface area contributed by atoms with Crippen molar-refractivity contribution in [3.8, 4) is 0 Å². The molecule has 2 aromatic rings. The highest BCUT2D eigenvalue weighted by Crippen LogP contribution is 2.19. The van der Waals surface area contributed by atoms with Gasteiger partial charge in [0, 0.05) is 18.3 Å². The van der Waals surface area contributed by atoms with Gasteiger partial charge in [-0.1, -0.05) is 42.5 Å². The van der Waals surface area contributed by atoms with Gasteiger partial charge in [-0.25, -0.2) is 0 Å². The van der Waals surface area contributed by atoms with E-state index in [1.54, 1.807) is 0 Å². The van der Waals surface area contributed by atoms with Gasteiger partial charge in [0.25, 0.3) is 0 Å². The van der Waals surface area contributed by atoms with Crippen molar-refractivity contribution in [2.75, 3.05) is 11.4 Å². The van der Waals surface area contributed by atoms with Crippen LogP contribution in [0.5, 0.6) is 0 Å². The normalized spacial score (nSPS) is 11.4. The number of carboxylic acids is 1. The minimum atomic E-state index is -0.787. The summed E-state index contributed by atoms with van der Waals surface area (Å²) < 4.78 is 0. The molecule has 0 spiro atoms. The molecule has 1 N–H and O–H groups in total. The van der Waals surface area contributed by atoms with E-state index in [4.69, 9.17) is 5.11 Å². The monoisotopic (exact) mass is 333 g/mol. The zero-order chi connectivity index (χ0) is 15.9. The zero-order valence-electron chi connectivity index (χ0n) is 13.6. The average Bonchev–Trinajstić information content (AvgIpc) is 2.48. The molecule has 2 rings (SSSR count). The summed E-state index contributed by atoms with van der Waals surface area (Å²) in [6.07, 6.45) is 0.981. The molecule has 0 fully saturated rings. The first-order chi connectivity index (χ1) is 10.6. The molecule has 2 aromatic carbocycles. The lowest BCUT2D eigenvalue weighted by molar-refractivity contribution is -0.136. The van der Waals surface area contributed by atoms with Crippen molar-refractivity contribution in [1.82, 2.24) is 0 Å². The Labute approximate surface area is 144 Å². The lowest BCUT2D eigenvalue weighted by Gasteiger charge is -2.30. The van der Waals surface area contributed by atoms with Crippen LogP contribution in [0.3, 0.4) is 0 Å². The molecule has 1 atom stereocenters. The standard InChI is InChI=1S/C19H23NO2.ClH/c1-3-20(18-10-5-4-6-11-18)15(2)12-16-8-7-9-17(13-16)14-19(21)22;/h4-11,13,15H,3,12,14H2,1-2H3,(H,21,22);1H/t15-;/m0./s1. The van der Waals surface area contributed by atoms with Crippen LogP contribution in [-0.2, 0) is 17.6 Å². The Kier molecular flexibility index (Phi) is 7.63. The summed E-state index contributed by atoms with van der Waals surface area (Å²) in [7, 11) is 0. The van der Waals surface area contributed by atoms with Crippen molar-refractivity contribution in [3.63, 3.8) is 0 Å². The van der Waals surface area contributed by atoms with Gasteiger partial charge in [0.2, 0.25) is 0 Å². The topological polar surface area (TPSA) is 40.5 Å². The third-order valence-corrected chi connectivity index (χ3v) is 3.84. The van der Waals surface area contributed by atoms with Gasteiger partial charge in [-0.2, -0.15) is 0 Å². The number of carbonyl (C=O) groups is 1. The van der Waals surface area contributed by atoms with E-state index in [9.17, 15) is 4.79 Å². The third-order valence-electron chi connectivity index (χ3n) is 3.84. The lowest BCUT2D eigenvalue weighted by atomic mass is 10.0. The van der Waals surface area contributed by atoms with Gasteiger partial charge in [-0.05, 0) is 43.5 Å². The molecule has 0 aliphatic heterocycles. The minimum Gasteiger partial charge on any atom is -0.481 e. The molecule has 0 aliphatic rings. The first kappa shape index (κ1) is 19.0. The van der Waals surface area contributed by atoms with Gasteiger partial charge in [0.1, 0.15) is 0 Å². The second-order valence-corrected chi connectivity index (χ2v) is 5.57. The molecular weight excluding hydrogens is 310 g/mol. The van der Waals surface area contributed by atoms with Crippen LogP contribution in [0.4, 0.5) is 5.69 Å². The number of benzene rings is 2. The van der Waals surface area contributed by atoms with Gasteiger partial charge in [0.15, 0.2) is 0 Å². The van der Waals surface area contributed by atoms with Crippen molar-refractivity contribution >= 4 is 24.1 Å². The smallest absolute Gasteiger partial charge is 0.307 e. The summed E-state index contributed by atoms with van der Waals surface area (Å²) in [4.78, 5) is 13.2. The van der Waals surface area contributed by atoms with Crippen LogP contribution in [0, 0.1) is 0 Å². The Morgan fingerprint density at radius 2 is 1.74 bits per heavy atom. The first-order valence-electron chi connectivity index (χ1n) is 7.71. The second kappa shape index (κ2) is 9.21. The van der Waals surface area contributed by atoms with Crippen molar-refractivity contribution in [2.24, 2.45) is 0 Å². The predicted molar refractivity (Wildman–Crippen MR) is 97.7 cm³/mol. The SMILES string of the molecule is CCN(c1ccccc1)[C@@H](C)Cc1cccc(CC(=O)O)c1.Cl. The fraction of sp³-hybridized carbons (Fsp3) is 0.316. The van der Waals surface area contributed by atoms with E-state index in [1.807, 2.05) is 24.3 Å². The number of hydrogen-bond donors (Lipinski definition) is 1. The number of likely N-dealkylation sites (N-methyl/N-ethyl adjacent to an activating group) is 1. The highest BCUT2D eigenvalue weighted by atomic mass is 35.5. The molecule has 0 radical (unpaired) electrons. The van der Waals surface area contributed by atoms with Crippen molar-refractivity contribution in [2.45, 2.75) is 32.7 Å². The number of para-hydroxylation sites is 1. The minimum absolute atomic E-state index is 0. The summed E-state index contributed by atoms with van der Waals surface area (Å²) in [5, 5.41) is 8.91. The van der Waals surface area contributed by atoms with Crippen molar-refractivity contribution in [3.05, 3.63) is 65.7 Å². The molecular formula is C19H24ClNO2. The molecule has 0 bridgehead atoms. The quantitative estimate of drug-likeness (QED) is 0.825. The summed E-state index contributed by atoms with van der Waals surface area (Å²) in [6, 6.07) is 18.6. The highest BCUT2D eigenvalue weighted by molar-refractivity contribution is 5.85. The van der Waals surface area contributed by atoms with E-state index in [0.29, 0.717) is 6.04 Å². The molecule has 0 unspecified atom stereocenters. The summed E-state index contributed by atoms with van der Waals surface area (Å²) in [5.74, 6) is -0.787. The van der Waals surface area contributed by atoms with E-state index in [2.05, 4.69) is 49.1 Å². The molecule has 3 nitrogen and oxygen atoms in total. The fourth-order valence-corrected chi connectivity index (χ4v) is 2.86. The number of anilines is 1. The van der Waals surface area contributed by atoms with E-state index in [1.165, 1.54) is 11.3 Å². The lowest BCUT2D eigenvalue weighted by Crippen LogP contribution is -2.34. The van der Waals surface area contributed by atoms with Gasteiger partial charge in [0.05, 0.1) is 6.42 Å². The van der Waals surface area contributed by atoms with Gasteiger partial charge in [-0.15, -0.1) is 12.4 Å². The molecule has 0 saturated heterocycles. The Bertz CT molecular complexity index is 616. The number of carboxylic acid groups (broad SMARTS) is 1. The molecule has 0 heterocycles. The predicted octanol–water partition coefficient (Wildman–Crippen LogP) is 4.19. The van der Waals surface area contributed by atoms with Crippen LogP contribution in [0.2, 0.25) is 0 Å². The highest BCUT2D eigenvalue weighted by Gasteiger charge is 2.13. The number of aliphatic carboxylic acids is 1. The number of rotatable bonds is 7. The Morgan fingerprint density at radius 3 is 2.35 bits per heavy atom. The Hall–Kier alpha value is -2.00. The largest absolute Gasteiger partial charge is 0.481 e. The third kappa shape index (κ3) is 5.61. The van der Waals surface area contributed by atoms with Crippen LogP contribution in [0.1, 0.15) is 25.0 Å². The van der Waals surface area contributed by atoms with Gasteiger partial charge < -0.3 is 10.0 Å². The zero-order valence-corrected chi connectivity index (χ0v) is 14.4. The number of hydrogen-bond acceptors (Lipinski definition) is 2. The summed E-state index contributed by atoms with van der Waals surface area (Å²) in [5.41, 5.74) is 3.26. The maximum atomic E-state index is 10.8. The van der Waals surface area contributed by atoms with E-state index < -0.39 is 5.97 Å². The average molecular weight is 334 g/mol. The van der Waals surface area contributed by atoms with Crippen LogP contribution >= 0.6 is 12.4 Å². The summed E-state index contributed by atoms with van der Waals surface area (Å²) in [6.45, 7) is 5.31. The van der Waals surface area contributed by atoms with Crippen molar-refractivity contribution in [1.29, 1.82) is 0 Å². The fourth-order valence-electron chi connectivity index (χ4n) is 2.86. The van der Waals surface area contributed by atoms with Crippen LogP contribution in [0.15, 0.2) is 54.6 Å². The molecule has 23 heavy (non-hydrogen) atoms. The van der Waals surface area contributed by atoms with E-state index >= 15 is 0 Å². The van der Waals surface area contributed by atoms with Crippen LogP contribution < -0.4 is 4.90 Å². The van der Waals surface area contributed by atoms with E-state index in [-0.39, 0.29) is 18.8 Å². The molecule has 4 heteroatoms. The molecule has 0 aliphatic carbocycles. The number of nitrogens with zero attached hydrogens (tertiary/aromatic N) is 1. The molecule has 0 amide bonds. The van der Waals surface area contributed by atoms with Crippen LogP contribution in [0.25, 0.3) is 0 Å². The van der Waals surface area contributed by atoms with Crippen LogP contribution in [-0.4, -0.2) is 23.7 Å². The summed E-state index contributed by atoms with van der Waals surface area (Å²) >= 11 is 0. The van der Waals surface area contributed by atoms with E-state index in [0.717, 1.165) is 18.5 Å². The van der Waals surface area contributed by atoms with Crippen molar-refractivity contribution < 1.29 is 9.90 Å².